The molecule has 1 heterocycles. The van der Waals surface area contributed by atoms with Crippen LogP contribution in [-0.2, 0) is 13.0 Å². The fourth-order valence-corrected chi connectivity index (χ4v) is 2.58. The van der Waals surface area contributed by atoms with E-state index in [4.69, 9.17) is 5.11 Å². The molecular weight excluding hydrogens is 278 g/mol. The average Bonchev–Trinajstić information content (AvgIpc) is 2.65. The van der Waals surface area contributed by atoms with Gasteiger partial charge in [0, 0.05) is 34.7 Å². The molecule has 0 atom stereocenters. The molecule has 0 aliphatic rings. The Kier molecular flexibility index (Phi) is 4.24. The number of aliphatic hydroxyl groups is 1. The Labute approximate surface area is 110 Å². The van der Waals surface area contributed by atoms with Crippen LogP contribution in [0.5, 0.6) is 0 Å². The highest BCUT2D eigenvalue weighted by Crippen LogP contribution is 2.26. The minimum absolute atomic E-state index is 0.247. The molecule has 0 saturated carbocycles. The van der Waals surface area contributed by atoms with Gasteiger partial charge in [0.05, 0.1) is 0 Å². The maximum absolute atomic E-state index is 8.94. The summed E-state index contributed by atoms with van der Waals surface area (Å²) in [6.45, 7) is 3.33. The van der Waals surface area contributed by atoms with Crippen LogP contribution in [0.2, 0.25) is 0 Å². The average molecular weight is 296 g/mol. The second kappa shape index (κ2) is 5.69. The van der Waals surface area contributed by atoms with Gasteiger partial charge < -0.3 is 9.67 Å². The lowest BCUT2D eigenvalue weighted by Crippen LogP contribution is -1.98. The minimum Gasteiger partial charge on any atom is -0.396 e. The molecule has 0 fully saturated rings. The third-order valence-corrected chi connectivity index (χ3v) is 3.50. The van der Waals surface area contributed by atoms with Gasteiger partial charge in [0.15, 0.2) is 0 Å². The maximum atomic E-state index is 8.94. The summed E-state index contributed by atoms with van der Waals surface area (Å²) in [5.74, 6) is 0. The van der Waals surface area contributed by atoms with E-state index < -0.39 is 0 Å². The summed E-state index contributed by atoms with van der Waals surface area (Å²) in [5.41, 5.74) is 2.67. The molecule has 2 aromatic rings. The van der Waals surface area contributed by atoms with Crippen molar-refractivity contribution in [3.8, 4) is 0 Å². The van der Waals surface area contributed by atoms with Gasteiger partial charge in [0.25, 0.3) is 0 Å². The van der Waals surface area contributed by atoms with Crippen molar-refractivity contribution in [2.24, 2.45) is 0 Å². The fourth-order valence-electron chi connectivity index (χ4n) is 2.24. The number of nitrogens with zero attached hydrogens (tertiary/aromatic N) is 1. The number of hydrogen-bond donors (Lipinski definition) is 1. The lowest BCUT2D eigenvalue weighted by Gasteiger charge is -2.03. The SMILES string of the molecule is CCCc1cn(CCCO)c2cc(Br)ccc12. The van der Waals surface area contributed by atoms with Crippen molar-refractivity contribution in [3.63, 3.8) is 0 Å². The van der Waals surface area contributed by atoms with Crippen LogP contribution in [0, 0.1) is 0 Å². The summed E-state index contributed by atoms with van der Waals surface area (Å²) >= 11 is 3.52. The Morgan fingerprint density at radius 2 is 2.18 bits per heavy atom. The second-order valence-electron chi connectivity index (χ2n) is 4.34. The van der Waals surface area contributed by atoms with E-state index in [9.17, 15) is 0 Å². The fraction of sp³-hybridized carbons (Fsp3) is 0.429. The monoisotopic (exact) mass is 295 g/mol. The van der Waals surface area contributed by atoms with Crippen LogP contribution in [0.15, 0.2) is 28.9 Å². The van der Waals surface area contributed by atoms with Crippen LogP contribution in [0.3, 0.4) is 0 Å². The number of benzene rings is 1. The molecule has 17 heavy (non-hydrogen) atoms. The minimum atomic E-state index is 0.247. The molecule has 0 saturated heterocycles. The van der Waals surface area contributed by atoms with Gasteiger partial charge in [-0.3, -0.25) is 0 Å². The molecule has 0 radical (unpaired) electrons. The zero-order valence-electron chi connectivity index (χ0n) is 10.1. The molecule has 1 aromatic heterocycles. The van der Waals surface area contributed by atoms with Crippen LogP contribution < -0.4 is 0 Å². The molecule has 2 rings (SSSR count). The molecule has 1 N–H and O–H groups in total. The van der Waals surface area contributed by atoms with Gasteiger partial charge in [-0.15, -0.1) is 0 Å². The van der Waals surface area contributed by atoms with E-state index in [1.165, 1.54) is 16.5 Å². The summed E-state index contributed by atoms with van der Waals surface area (Å²) in [7, 11) is 0. The Morgan fingerprint density at radius 1 is 1.35 bits per heavy atom. The third-order valence-electron chi connectivity index (χ3n) is 3.00. The Morgan fingerprint density at radius 3 is 2.88 bits per heavy atom. The molecule has 92 valence electrons. The molecule has 0 spiro atoms. The van der Waals surface area contributed by atoms with Gasteiger partial charge in [-0.2, -0.15) is 0 Å². The van der Waals surface area contributed by atoms with Crippen LogP contribution in [0.25, 0.3) is 10.9 Å². The molecule has 2 nitrogen and oxygen atoms in total. The molecule has 0 bridgehead atoms. The smallest absolute Gasteiger partial charge is 0.0494 e. The van der Waals surface area contributed by atoms with Gasteiger partial charge in [0.2, 0.25) is 0 Å². The van der Waals surface area contributed by atoms with E-state index in [1.54, 1.807) is 0 Å². The van der Waals surface area contributed by atoms with E-state index in [1.807, 2.05) is 0 Å². The number of halogens is 1. The first-order valence-electron chi connectivity index (χ1n) is 6.14. The van der Waals surface area contributed by atoms with Gasteiger partial charge in [-0.1, -0.05) is 35.3 Å². The van der Waals surface area contributed by atoms with E-state index in [2.05, 4.69) is 51.8 Å². The summed E-state index contributed by atoms with van der Waals surface area (Å²) in [6, 6.07) is 6.43. The Balaban J connectivity index is 2.46. The van der Waals surface area contributed by atoms with Gasteiger partial charge in [-0.05, 0) is 30.5 Å². The number of aromatic nitrogens is 1. The number of aliphatic hydroxyl groups excluding tert-OH is 1. The second-order valence-corrected chi connectivity index (χ2v) is 5.25. The summed E-state index contributed by atoms with van der Waals surface area (Å²) < 4.78 is 3.36. The lowest BCUT2D eigenvalue weighted by atomic mass is 10.1. The van der Waals surface area contributed by atoms with E-state index in [0.717, 1.165) is 30.3 Å². The highest BCUT2D eigenvalue weighted by molar-refractivity contribution is 9.10. The Hall–Kier alpha value is -0.800. The van der Waals surface area contributed by atoms with Crippen molar-refractivity contribution in [1.82, 2.24) is 4.57 Å². The molecule has 0 amide bonds. The van der Waals surface area contributed by atoms with Crippen molar-refractivity contribution in [2.45, 2.75) is 32.7 Å². The zero-order chi connectivity index (χ0) is 12.3. The third kappa shape index (κ3) is 2.72. The van der Waals surface area contributed by atoms with E-state index in [-0.39, 0.29) is 6.61 Å². The molecule has 0 aliphatic carbocycles. The number of fused-ring (bicyclic) bond motifs is 1. The van der Waals surface area contributed by atoms with Gasteiger partial charge >= 0.3 is 0 Å². The predicted molar refractivity (Wildman–Crippen MR) is 75.3 cm³/mol. The number of aryl methyl sites for hydroxylation is 2. The summed E-state index contributed by atoms with van der Waals surface area (Å²) in [5, 5.41) is 10.3. The zero-order valence-corrected chi connectivity index (χ0v) is 11.7. The molecule has 3 heteroatoms. The highest BCUT2D eigenvalue weighted by Gasteiger charge is 2.07. The predicted octanol–water partition coefficient (Wildman–Crippen LogP) is 3.74. The maximum Gasteiger partial charge on any atom is 0.0494 e. The van der Waals surface area contributed by atoms with Gasteiger partial charge in [-0.25, -0.2) is 0 Å². The van der Waals surface area contributed by atoms with Crippen molar-refractivity contribution in [1.29, 1.82) is 0 Å². The molecule has 0 aliphatic heterocycles. The lowest BCUT2D eigenvalue weighted by molar-refractivity contribution is 0.280. The normalized spacial score (nSPS) is 11.2. The quantitative estimate of drug-likeness (QED) is 0.893. The van der Waals surface area contributed by atoms with Crippen molar-refractivity contribution < 1.29 is 5.11 Å². The van der Waals surface area contributed by atoms with Crippen molar-refractivity contribution in [3.05, 3.63) is 34.4 Å². The molecule has 1 aromatic carbocycles. The molecular formula is C14H18BrNO. The number of hydrogen-bond acceptors (Lipinski definition) is 1. The standard InChI is InChI=1S/C14H18BrNO/c1-2-4-11-10-16(7-3-8-17)14-9-12(15)5-6-13(11)14/h5-6,9-10,17H,2-4,7-8H2,1H3. The van der Waals surface area contributed by atoms with Crippen LogP contribution in [0.1, 0.15) is 25.3 Å². The van der Waals surface area contributed by atoms with Gasteiger partial charge in [0.1, 0.15) is 0 Å². The van der Waals surface area contributed by atoms with Crippen LogP contribution in [-0.4, -0.2) is 16.3 Å². The molecule has 0 unspecified atom stereocenters. The summed E-state index contributed by atoms with van der Waals surface area (Å²) in [4.78, 5) is 0. The first kappa shape index (κ1) is 12.7. The number of rotatable bonds is 5. The van der Waals surface area contributed by atoms with Crippen molar-refractivity contribution >= 4 is 26.8 Å². The van der Waals surface area contributed by atoms with E-state index in [0.29, 0.717) is 0 Å². The largest absolute Gasteiger partial charge is 0.396 e. The summed E-state index contributed by atoms with van der Waals surface area (Å²) in [6.07, 6.45) is 5.32. The first-order chi connectivity index (χ1) is 8.26. The first-order valence-corrected chi connectivity index (χ1v) is 6.93. The van der Waals surface area contributed by atoms with E-state index >= 15 is 0 Å². The highest BCUT2D eigenvalue weighted by atomic mass is 79.9. The van der Waals surface area contributed by atoms with Crippen LogP contribution in [0.4, 0.5) is 0 Å². The Bertz CT molecular complexity index is 504. The topological polar surface area (TPSA) is 25.2 Å². The van der Waals surface area contributed by atoms with Crippen LogP contribution >= 0.6 is 15.9 Å². The van der Waals surface area contributed by atoms with Crippen molar-refractivity contribution in [2.75, 3.05) is 6.61 Å².